The van der Waals surface area contributed by atoms with Gasteiger partial charge in [0.1, 0.15) is 17.3 Å². The lowest BCUT2D eigenvalue weighted by atomic mass is 9.96. The SMILES string of the molecule is Cc1oc(C)c(C(N)c2ccc(OC3CC3)cc2)c1C. The molecule has 20 heavy (non-hydrogen) atoms. The molecule has 0 aliphatic heterocycles. The quantitative estimate of drug-likeness (QED) is 0.920. The summed E-state index contributed by atoms with van der Waals surface area (Å²) in [5.74, 6) is 2.78. The molecule has 1 unspecified atom stereocenters. The summed E-state index contributed by atoms with van der Waals surface area (Å²) in [6.45, 7) is 6.01. The third-order valence-electron chi connectivity index (χ3n) is 3.99. The largest absolute Gasteiger partial charge is 0.490 e. The summed E-state index contributed by atoms with van der Waals surface area (Å²) in [5, 5.41) is 0. The zero-order valence-electron chi connectivity index (χ0n) is 12.3. The molecule has 2 aromatic rings. The molecule has 0 radical (unpaired) electrons. The van der Waals surface area contributed by atoms with Gasteiger partial charge in [0.15, 0.2) is 0 Å². The fraction of sp³-hybridized carbons (Fsp3) is 0.412. The van der Waals surface area contributed by atoms with E-state index in [-0.39, 0.29) is 6.04 Å². The summed E-state index contributed by atoms with van der Waals surface area (Å²) in [7, 11) is 0. The van der Waals surface area contributed by atoms with Crippen molar-refractivity contribution >= 4 is 0 Å². The Bertz CT molecular complexity index is 609. The third-order valence-corrected chi connectivity index (χ3v) is 3.99. The highest BCUT2D eigenvalue weighted by Crippen LogP contribution is 2.31. The van der Waals surface area contributed by atoms with Crippen LogP contribution >= 0.6 is 0 Å². The minimum Gasteiger partial charge on any atom is -0.490 e. The van der Waals surface area contributed by atoms with Crippen LogP contribution in [-0.4, -0.2) is 6.10 Å². The maximum atomic E-state index is 6.39. The van der Waals surface area contributed by atoms with Crippen molar-refractivity contribution in [1.29, 1.82) is 0 Å². The second kappa shape index (κ2) is 4.98. The van der Waals surface area contributed by atoms with Gasteiger partial charge in [0.2, 0.25) is 0 Å². The van der Waals surface area contributed by atoms with Crippen molar-refractivity contribution in [2.75, 3.05) is 0 Å². The number of hydrogen-bond donors (Lipinski definition) is 1. The first-order valence-corrected chi connectivity index (χ1v) is 7.15. The molecule has 2 N–H and O–H groups in total. The number of aryl methyl sites for hydroxylation is 2. The summed E-state index contributed by atoms with van der Waals surface area (Å²) >= 11 is 0. The van der Waals surface area contributed by atoms with E-state index in [0.29, 0.717) is 6.10 Å². The monoisotopic (exact) mass is 271 g/mol. The fourth-order valence-electron chi connectivity index (χ4n) is 2.57. The lowest BCUT2D eigenvalue weighted by Gasteiger charge is -2.14. The highest BCUT2D eigenvalue weighted by atomic mass is 16.5. The van der Waals surface area contributed by atoms with E-state index in [0.717, 1.165) is 34.0 Å². The zero-order chi connectivity index (χ0) is 14.3. The van der Waals surface area contributed by atoms with Gasteiger partial charge in [-0.15, -0.1) is 0 Å². The minimum absolute atomic E-state index is 0.151. The Labute approximate surface area is 119 Å². The van der Waals surface area contributed by atoms with Gasteiger partial charge in [-0.2, -0.15) is 0 Å². The van der Waals surface area contributed by atoms with E-state index in [1.54, 1.807) is 0 Å². The van der Waals surface area contributed by atoms with Gasteiger partial charge in [-0.1, -0.05) is 12.1 Å². The van der Waals surface area contributed by atoms with Crippen molar-refractivity contribution in [3.8, 4) is 5.75 Å². The van der Waals surface area contributed by atoms with Crippen LogP contribution in [0.15, 0.2) is 28.7 Å². The van der Waals surface area contributed by atoms with Gasteiger partial charge in [-0.05, 0) is 56.9 Å². The summed E-state index contributed by atoms with van der Waals surface area (Å²) in [4.78, 5) is 0. The van der Waals surface area contributed by atoms with Crippen LogP contribution in [0, 0.1) is 20.8 Å². The fourth-order valence-corrected chi connectivity index (χ4v) is 2.57. The molecule has 1 saturated carbocycles. The molecule has 3 heteroatoms. The number of furan rings is 1. The van der Waals surface area contributed by atoms with E-state index < -0.39 is 0 Å². The number of nitrogens with two attached hydrogens (primary N) is 1. The Hall–Kier alpha value is -1.74. The smallest absolute Gasteiger partial charge is 0.119 e. The average Bonchev–Trinajstić information content (AvgIpc) is 3.19. The third kappa shape index (κ3) is 2.46. The highest BCUT2D eigenvalue weighted by Gasteiger charge is 2.24. The summed E-state index contributed by atoms with van der Waals surface area (Å²) in [6.07, 6.45) is 2.78. The lowest BCUT2D eigenvalue weighted by Crippen LogP contribution is -2.13. The van der Waals surface area contributed by atoms with Gasteiger partial charge in [0.05, 0.1) is 12.1 Å². The van der Waals surface area contributed by atoms with Gasteiger partial charge < -0.3 is 14.9 Å². The van der Waals surface area contributed by atoms with Crippen LogP contribution in [0.25, 0.3) is 0 Å². The molecule has 1 heterocycles. The molecular weight excluding hydrogens is 250 g/mol. The second-order valence-electron chi connectivity index (χ2n) is 5.62. The van der Waals surface area contributed by atoms with Crippen LogP contribution in [0.2, 0.25) is 0 Å². The molecule has 0 saturated heterocycles. The summed E-state index contributed by atoms with van der Waals surface area (Å²) in [6, 6.07) is 7.95. The van der Waals surface area contributed by atoms with Crippen molar-refractivity contribution in [2.45, 2.75) is 45.8 Å². The topological polar surface area (TPSA) is 48.4 Å². The van der Waals surface area contributed by atoms with Gasteiger partial charge in [0, 0.05) is 5.56 Å². The van der Waals surface area contributed by atoms with E-state index in [4.69, 9.17) is 14.9 Å². The number of ether oxygens (including phenoxy) is 1. The molecule has 1 aromatic carbocycles. The maximum absolute atomic E-state index is 6.39. The predicted molar refractivity (Wildman–Crippen MR) is 79.0 cm³/mol. The second-order valence-corrected chi connectivity index (χ2v) is 5.62. The van der Waals surface area contributed by atoms with E-state index >= 15 is 0 Å². The van der Waals surface area contributed by atoms with Crippen molar-refractivity contribution in [3.63, 3.8) is 0 Å². The molecule has 0 amide bonds. The van der Waals surface area contributed by atoms with Crippen molar-refractivity contribution in [1.82, 2.24) is 0 Å². The first-order valence-electron chi connectivity index (χ1n) is 7.15. The average molecular weight is 271 g/mol. The van der Waals surface area contributed by atoms with E-state index in [9.17, 15) is 0 Å². The summed E-state index contributed by atoms with van der Waals surface area (Å²) in [5.41, 5.74) is 9.72. The Morgan fingerprint density at radius 2 is 1.75 bits per heavy atom. The highest BCUT2D eigenvalue weighted by molar-refractivity contribution is 5.41. The normalized spacial score (nSPS) is 16.2. The van der Waals surface area contributed by atoms with E-state index in [1.807, 2.05) is 38.1 Å². The van der Waals surface area contributed by atoms with E-state index in [1.165, 1.54) is 12.8 Å². The van der Waals surface area contributed by atoms with Crippen molar-refractivity contribution < 1.29 is 9.15 Å². The van der Waals surface area contributed by atoms with Crippen LogP contribution in [-0.2, 0) is 0 Å². The number of benzene rings is 1. The molecule has 1 aromatic heterocycles. The Kier molecular flexibility index (Phi) is 3.30. The number of hydrogen-bond acceptors (Lipinski definition) is 3. The van der Waals surface area contributed by atoms with Crippen LogP contribution < -0.4 is 10.5 Å². The Morgan fingerprint density at radius 3 is 2.25 bits per heavy atom. The molecule has 3 nitrogen and oxygen atoms in total. The molecular formula is C17H21NO2. The predicted octanol–water partition coefficient (Wildman–Crippen LogP) is 3.79. The van der Waals surface area contributed by atoms with Crippen LogP contribution in [0.3, 0.4) is 0 Å². The molecule has 1 aliphatic carbocycles. The lowest BCUT2D eigenvalue weighted by molar-refractivity contribution is 0.303. The van der Waals surface area contributed by atoms with E-state index in [2.05, 4.69) is 6.92 Å². The van der Waals surface area contributed by atoms with Crippen LogP contribution in [0.1, 0.15) is 47.1 Å². The van der Waals surface area contributed by atoms with Crippen molar-refractivity contribution in [3.05, 3.63) is 52.5 Å². The molecule has 1 aliphatic rings. The standard InChI is InChI=1S/C17H21NO2/c1-10-11(2)19-12(3)16(10)17(18)13-4-6-14(7-5-13)20-15-8-9-15/h4-7,15,17H,8-9,18H2,1-3H3. The molecule has 0 bridgehead atoms. The summed E-state index contributed by atoms with van der Waals surface area (Å²) < 4.78 is 11.4. The van der Waals surface area contributed by atoms with Crippen LogP contribution in [0.5, 0.6) is 5.75 Å². The van der Waals surface area contributed by atoms with Gasteiger partial charge in [-0.25, -0.2) is 0 Å². The first-order chi connectivity index (χ1) is 9.56. The molecule has 1 atom stereocenters. The van der Waals surface area contributed by atoms with Crippen LogP contribution in [0.4, 0.5) is 0 Å². The zero-order valence-corrected chi connectivity index (χ0v) is 12.3. The van der Waals surface area contributed by atoms with Gasteiger partial charge >= 0.3 is 0 Å². The number of rotatable bonds is 4. The molecule has 3 rings (SSSR count). The molecule has 106 valence electrons. The van der Waals surface area contributed by atoms with Crippen molar-refractivity contribution in [2.24, 2.45) is 5.73 Å². The van der Waals surface area contributed by atoms with Gasteiger partial charge in [0.25, 0.3) is 0 Å². The first kappa shape index (κ1) is 13.3. The molecule has 0 spiro atoms. The minimum atomic E-state index is -0.151. The Morgan fingerprint density at radius 1 is 1.10 bits per heavy atom. The Balaban J connectivity index is 1.83. The molecule has 1 fully saturated rings. The maximum Gasteiger partial charge on any atom is 0.119 e. The van der Waals surface area contributed by atoms with Gasteiger partial charge in [-0.3, -0.25) is 0 Å².